The molecule has 2 N–H and O–H groups in total. The Morgan fingerprint density at radius 1 is 1.33 bits per heavy atom. The standard InChI is InChI=1S/C14H19N5O3S2/c1-10(2)19(3)24(21,22)12-6-4-11(5-7-12)17-13(20)8-23-14-15-9-16-18-14/h4-7,9-10H,8H2,1-3H3,(H,17,20)(H,15,16,18). The number of sulfonamides is 1. The Morgan fingerprint density at radius 3 is 2.54 bits per heavy atom. The van der Waals surface area contributed by atoms with E-state index in [1.165, 1.54) is 41.6 Å². The maximum absolute atomic E-state index is 12.4. The molecule has 0 aliphatic rings. The lowest BCUT2D eigenvalue weighted by Gasteiger charge is -2.21. The molecule has 2 aromatic rings. The molecule has 0 radical (unpaired) electrons. The maximum Gasteiger partial charge on any atom is 0.243 e. The predicted molar refractivity (Wildman–Crippen MR) is 92.3 cm³/mol. The molecule has 1 amide bonds. The van der Waals surface area contributed by atoms with Gasteiger partial charge in [0.1, 0.15) is 6.33 Å². The lowest BCUT2D eigenvalue weighted by Crippen LogP contribution is -2.33. The van der Waals surface area contributed by atoms with Crippen molar-refractivity contribution in [1.29, 1.82) is 0 Å². The Labute approximate surface area is 145 Å². The Hall–Kier alpha value is -1.91. The van der Waals surface area contributed by atoms with E-state index in [9.17, 15) is 13.2 Å². The average Bonchev–Trinajstić information content (AvgIpc) is 3.06. The van der Waals surface area contributed by atoms with Gasteiger partial charge >= 0.3 is 0 Å². The first-order chi connectivity index (χ1) is 11.3. The fraction of sp³-hybridized carbons (Fsp3) is 0.357. The van der Waals surface area contributed by atoms with Gasteiger partial charge in [0.15, 0.2) is 5.16 Å². The summed E-state index contributed by atoms with van der Waals surface area (Å²) < 4.78 is 26.0. The second-order valence-electron chi connectivity index (χ2n) is 5.27. The Morgan fingerprint density at radius 2 is 2.00 bits per heavy atom. The number of benzene rings is 1. The van der Waals surface area contributed by atoms with Crippen molar-refractivity contribution in [2.45, 2.75) is 29.9 Å². The van der Waals surface area contributed by atoms with E-state index in [1.807, 2.05) is 0 Å². The predicted octanol–water partition coefficient (Wildman–Crippen LogP) is 1.56. The summed E-state index contributed by atoms with van der Waals surface area (Å²) in [4.78, 5) is 16.0. The fourth-order valence-corrected chi connectivity index (χ4v) is 3.70. The van der Waals surface area contributed by atoms with Gasteiger partial charge in [0.05, 0.1) is 10.6 Å². The van der Waals surface area contributed by atoms with Crippen molar-refractivity contribution >= 4 is 33.4 Å². The molecule has 0 atom stereocenters. The monoisotopic (exact) mass is 369 g/mol. The highest BCUT2D eigenvalue weighted by molar-refractivity contribution is 7.99. The molecule has 2 rings (SSSR count). The van der Waals surface area contributed by atoms with Crippen molar-refractivity contribution in [1.82, 2.24) is 19.5 Å². The number of nitrogens with zero attached hydrogens (tertiary/aromatic N) is 3. The lowest BCUT2D eigenvalue weighted by atomic mass is 10.3. The molecule has 130 valence electrons. The molecular formula is C14H19N5O3S2. The summed E-state index contributed by atoms with van der Waals surface area (Å²) in [6.45, 7) is 3.61. The molecule has 0 bridgehead atoms. The van der Waals surface area contributed by atoms with Crippen LogP contribution in [-0.4, -0.2) is 52.7 Å². The summed E-state index contributed by atoms with van der Waals surface area (Å²) in [5.41, 5.74) is 0.532. The number of hydrogen-bond donors (Lipinski definition) is 2. The topological polar surface area (TPSA) is 108 Å². The van der Waals surface area contributed by atoms with E-state index in [0.717, 1.165) is 0 Å². The Kier molecular flexibility index (Phi) is 5.97. The van der Waals surface area contributed by atoms with Crippen LogP contribution in [0.1, 0.15) is 13.8 Å². The summed E-state index contributed by atoms with van der Waals surface area (Å²) in [5.74, 6) is -0.0444. The van der Waals surface area contributed by atoms with E-state index in [0.29, 0.717) is 10.8 Å². The van der Waals surface area contributed by atoms with Crippen LogP contribution in [0, 0.1) is 0 Å². The molecule has 0 unspecified atom stereocenters. The minimum Gasteiger partial charge on any atom is -0.325 e. The number of rotatable bonds is 7. The largest absolute Gasteiger partial charge is 0.325 e. The first kappa shape index (κ1) is 18.4. The summed E-state index contributed by atoms with van der Waals surface area (Å²) in [7, 11) is -1.99. The van der Waals surface area contributed by atoms with Gasteiger partial charge in [-0.05, 0) is 38.1 Å². The van der Waals surface area contributed by atoms with Crippen molar-refractivity contribution in [2.75, 3.05) is 18.1 Å². The van der Waals surface area contributed by atoms with Crippen molar-refractivity contribution in [3.63, 3.8) is 0 Å². The van der Waals surface area contributed by atoms with Crippen LogP contribution in [-0.2, 0) is 14.8 Å². The second kappa shape index (κ2) is 7.77. The van der Waals surface area contributed by atoms with E-state index in [1.54, 1.807) is 26.0 Å². The Balaban J connectivity index is 1.98. The van der Waals surface area contributed by atoms with Gasteiger partial charge in [0.2, 0.25) is 15.9 Å². The van der Waals surface area contributed by atoms with Crippen LogP contribution in [0.25, 0.3) is 0 Å². The molecule has 0 saturated carbocycles. The minimum atomic E-state index is -3.53. The van der Waals surface area contributed by atoms with Crippen LogP contribution >= 0.6 is 11.8 Å². The molecule has 1 heterocycles. The molecule has 10 heteroatoms. The van der Waals surface area contributed by atoms with E-state index in [2.05, 4.69) is 20.5 Å². The minimum absolute atomic E-state index is 0.137. The zero-order chi connectivity index (χ0) is 17.7. The highest BCUT2D eigenvalue weighted by Crippen LogP contribution is 2.19. The third-order valence-corrected chi connectivity index (χ3v) is 6.20. The fourth-order valence-electron chi connectivity index (χ4n) is 1.75. The zero-order valence-electron chi connectivity index (χ0n) is 13.6. The SMILES string of the molecule is CC(C)N(C)S(=O)(=O)c1ccc(NC(=O)CSc2ncn[nH]2)cc1. The van der Waals surface area contributed by atoms with Crippen LogP contribution in [0.3, 0.4) is 0 Å². The van der Waals surface area contributed by atoms with E-state index >= 15 is 0 Å². The molecule has 24 heavy (non-hydrogen) atoms. The van der Waals surface area contributed by atoms with Gasteiger partial charge in [-0.2, -0.15) is 9.40 Å². The van der Waals surface area contributed by atoms with E-state index in [-0.39, 0.29) is 22.6 Å². The van der Waals surface area contributed by atoms with Crippen LogP contribution in [0.5, 0.6) is 0 Å². The van der Waals surface area contributed by atoms with Gasteiger partial charge < -0.3 is 5.32 Å². The van der Waals surface area contributed by atoms with Gasteiger partial charge in [-0.25, -0.2) is 13.4 Å². The highest BCUT2D eigenvalue weighted by Gasteiger charge is 2.22. The van der Waals surface area contributed by atoms with Crippen molar-refractivity contribution in [3.8, 4) is 0 Å². The summed E-state index contributed by atoms with van der Waals surface area (Å²) >= 11 is 1.23. The molecule has 0 aliphatic heterocycles. The van der Waals surface area contributed by atoms with E-state index < -0.39 is 10.0 Å². The van der Waals surface area contributed by atoms with E-state index in [4.69, 9.17) is 0 Å². The number of aromatic nitrogens is 3. The molecular weight excluding hydrogens is 350 g/mol. The molecule has 0 spiro atoms. The lowest BCUT2D eigenvalue weighted by molar-refractivity contribution is -0.113. The third kappa shape index (κ3) is 4.56. The number of thioether (sulfide) groups is 1. The maximum atomic E-state index is 12.4. The van der Waals surface area contributed by atoms with Crippen molar-refractivity contribution < 1.29 is 13.2 Å². The smallest absolute Gasteiger partial charge is 0.243 e. The first-order valence-electron chi connectivity index (χ1n) is 7.17. The number of hydrogen-bond acceptors (Lipinski definition) is 6. The molecule has 8 nitrogen and oxygen atoms in total. The van der Waals surface area contributed by atoms with Crippen molar-refractivity contribution in [2.24, 2.45) is 0 Å². The number of carbonyl (C=O) groups excluding carboxylic acids is 1. The number of nitrogens with one attached hydrogen (secondary N) is 2. The summed E-state index contributed by atoms with van der Waals surface area (Å²) in [6, 6.07) is 5.96. The molecule has 1 aromatic carbocycles. The van der Waals surface area contributed by atoms with Gasteiger partial charge in [0, 0.05) is 18.8 Å². The molecule has 0 fully saturated rings. The van der Waals surface area contributed by atoms with Crippen LogP contribution in [0.4, 0.5) is 5.69 Å². The van der Waals surface area contributed by atoms with Gasteiger partial charge in [-0.15, -0.1) is 0 Å². The van der Waals surface area contributed by atoms with Crippen LogP contribution in [0.15, 0.2) is 40.6 Å². The van der Waals surface area contributed by atoms with Gasteiger partial charge in [-0.3, -0.25) is 9.89 Å². The van der Waals surface area contributed by atoms with Crippen LogP contribution in [0.2, 0.25) is 0 Å². The number of aromatic amines is 1. The van der Waals surface area contributed by atoms with Gasteiger partial charge in [0.25, 0.3) is 0 Å². The number of anilines is 1. The summed E-state index contributed by atoms with van der Waals surface area (Å²) in [5, 5.41) is 9.61. The van der Waals surface area contributed by atoms with Crippen LogP contribution < -0.4 is 5.32 Å². The normalized spacial score (nSPS) is 11.9. The highest BCUT2D eigenvalue weighted by atomic mass is 32.2. The first-order valence-corrected chi connectivity index (χ1v) is 9.59. The summed E-state index contributed by atoms with van der Waals surface area (Å²) in [6.07, 6.45) is 1.37. The van der Waals surface area contributed by atoms with Crippen molar-refractivity contribution in [3.05, 3.63) is 30.6 Å². The number of H-pyrrole nitrogens is 1. The third-order valence-electron chi connectivity index (χ3n) is 3.28. The molecule has 0 aliphatic carbocycles. The quantitative estimate of drug-likeness (QED) is 0.717. The number of carbonyl (C=O) groups is 1. The molecule has 1 aromatic heterocycles. The Bertz CT molecular complexity index is 773. The second-order valence-corrected chi connectivity index (χ2v) is 8.23. The average molecular weight is 369 g/mol. The van der Waals surface area contributed by atoms with Gasteiger partial charge in [-0.1, -0.05) is 11.8 Å². The number of amides is 1. The molecule has 0 saturated heterocycles. The zero-order valence-corrected chi connectivity index (χ0v) is 15.2.